The maximum absolute atomic E-state index is 14.5. The number of rotatable bonds is 8. The average molecular weight is 763 g/mol. The van der Waals surface area contributed by atoms with Crippen LogP contribution in [0.15, 0.2) is 36.4 Å². The van der Waals surface area contributed by atoms with Crippen molar-refractivity contribution in [2.75, 3.05) is 41.5 Å². The summed E-state index contributed by atoms with van der Waals surface area (Å²) >= 11 is 0. The number of aromatic amines is 2. The zero-order chi connectivity index (χ0) is 39.2. The molecular weight excluding hydrogens is 705 g/mol. The van der Waals surface area contributed by atoms with Gasteiger partial charge in [-0.25, -0.2) is 0 Å². The standard InChI is InChI=1S/C46H58N4O6/c1-8-25-17-27-22-46(45(53)56-7)42-29(14-15-50(43(25)46)37(27)16-24(3)51)31-19-32(39(54-5)21-36(31)48-42)33-18-30-26(9-2)23-49(4)38(40(30)44(52)55-6)20-34-28-12-10-11-13-35(28)47-41(33)34/h10-13,19,21,25-27,30,33,37-38,40,43,47-48H,8-9,14-18,20,22-23H2,1-7H3/t25-,26-,27-,30-,33+,37+,38+,40+,43+,46+/m1/s1. The number of nitrogens with one attached hydrogen (secondary N) is 2. The van der Waals surface area contributed by atoms with E-state index < -0.39 is 5.41 Å². The van der Waals surface area contributed by atoms with Crippen LogP contribution in [-0.4, -0.2) is 97.1 Å². The number of para-hydroxylation sites is 1. The van der Waals surface area contributed by atoms with Gasteiger partial charge in [0.15, 0.2) is 0 Å². The fourth-order valence-electron chi connectivity index (χ4n) is 13.1. The highest BCUT2D eigenvalue weighted by atomic mass is 16.5. The summed E-state index contributed by atoms with van der Waals surface area (Å²) < 4.78 is 17.7. The van der Waals surface area contributed by atoms with Crippen molar-refractivity contribution in [2.24, 2.45) is 29.6 Å². The summed E-state index contributed by atoms with van der Waals surface area (Å²) in [5.74, 6) is 1.33. The highest BCUT2D eigenvalue weighted by Crippen LogP contribution is 2.59. The second kappa shape index (κ2) is 14.0. The van der Waals surface area contributed by atoms with Crippen LogP contribution in [0.2, 0.25) is 0 Å². The van der Waals surface area contributed by atoms with Crippen LogP contribution in [0, 0.1) is 29.6 Å². The van der Waals surface area contributed by atoms with E-state index in [1.165, 1.54) is 36.4 Å². The minimum Gasteiger partial charge on any atom is -0.496 e. The molecule has 2 N–H and O–H groups in total. The van der Waals surface area contributed by atoms with Crippen LogP contribution in [0.25, 0.3) is 21.8 Å². The van der Waals surface area contributed by atoms with E-state index in [2.05, 4.69) is 77.1 Å². The second-order valence-corrected chi connectivity index (χ2v) is 17.8. The maximum atomic E-state index is 14.5. The number of ketones is 1. The third-order valence-corrected chi connectivity index (χ3v) is 15.4. The second-order valence-electron chi connectivity index (χ2n) is 17.8. The van der Waals surface area contributed by atoms with E-state index in [0.29, 0.717) is 24.7 Å². The van der Waals surface area contributed by atoms with Gasteiger partial charge >= 0.3 is 11.9 Å². The molecule has 298 valence electrons. The SMILES string of the molecule is CC[C@@H]1CN(C)[C@H]2Cc3c([nH]c4ccccc34)[C@H](c3cc4c5c([nH]c4cc3OC)[C@@]3(C(=O)OC)C[C@H]4C[C@@H](CC)[C@@H]3N(CC5)[C@H]4CC(C)=O)C[C@H]1[C@@H]2C(=O)OC. The van der Waals surface area contributed by atoms with E-state index in [1.807, 2.05) is 0 Å². The van der Waals surface area contributed by atoms with Crippen LogP contribution in [0.1, 0.15) is 93.3 Å². The zero-order valence-corrected chi connectivity index (χ0v) is 34.1. The largest absolute Gasteiger partial charge is 0.496 e. The van der Waals surface area contributed by atoms with Crippen LogP contribution in [0.3, 0.4) is 0 Å². The molecule has 2 aliphatic carbocycles. The molecular formula is C46H58N4O6. The number of methoxy groups -OCH3 is 3. The topological polar surface area (TPSA) is 117 Å². The lowest BCUT2D eigenvalue weighted by Gasteiger charge is -2.61. The Bertz CT molecular complexity index is 2210. The van der Waals surface area contributed by atoms with Crippen molar-refractivity contribution in [1.29, 1.82) is 0 Å². The number of H-pyrrole nitrogens is 2. The minimum atomic E-state index is -0.861. The number of hydrogen-bond acceptors (Lipinski definition) is 8. The number of aromatic nitrogens is 2. The van der Waals surface area contributed by atoms with Crippen molar-refractivity contribution in [3.63, 3.8) is 0 Å². The Morgan fingerprint density at radius 2 is 1.71 bits per heavy atom. The number of Topliss-reactive ketones (excluding diaryl/α,β-unsaturated/α-hetero) is 1. The molecule has 10 nitrogen and oxygen atoms in total. The Kier molecular flexibility index (Phi) is 9.39. The molecule has 56 heavy (non-hydrogen) atoms. The number of hydrogen-bond donors (Lipinski definition) is 2. The highest BCUT2D eigenvalue weighted by Gasteiger charge is 2.65. The van der Waals surface area contributed by atoms with Gasteiger partial charge in [-0.3, -0.25) is 19.3 Å². The molecule has 4 aliphatic heterocycles. The highest BCUT2D eigenvalue weighted by molar-refractivity contribution is 5.93. The molecule has 4 fully saturated rings. The van der Waals surface area contributed by atoms with Crippen molar-refractivity contribution in [3.8, 4) is 5.75 Å². The van der Waals surface area contributed by atoms with Crippen molar-refractivity contribution >= 4 is 39.5 Å². The van der Waals surface area contributed by atoms with Gasteiger partial charge in [0.25, 0.3) is 0 Å². The number of esters is 2. The van der Waals surface area contributed by atoms with Gasteiger partial charge in [0.05, 0.1) is 27.2 Å². The van der Waals surface area contributed by atoms with Gasteiger partial charge in [-0.15, -0.1) is 0 Å². The number of likely N-dealkylation sites (tertiary alicyclic amines) is 1. The number of carbonyl (C=O) groups excluding carboxylic acids is 3. The first kappa shape index (κ1) is 37.4. The smallest absolute Gasteiger partial charge is 0.319 e. The van der Waals surface area contributed by atoms with Gasteiger partial charge in [0.1, 0.15) is 16.9 Å². The number of benzene rings is 2. The fourth-order valence-corrected chi connectivity index (χ4v) is 13.1. The molecule has 11 atom stereocenters. The van der Waals surface area contributed by atoms with Crippen LogP contribution in [0.5, 0.6) is 5.75 Å². The number of likely N-dealkylation sites (N-methyl/N-ethyl adjacent to an activating group) is 1. The van der Waals surface area contributed by atoms with Gasteiger partial charge in [-0.05, 0) is 93.0 Å². The lowest BCUT2D eigenvalue weighted by molar-refractivity contribution is -0.169. The number of ether oxygens (including phenoxy) is 3. The molecule has 1 unspecified atom stereocenters. The maximum Gasteiger partial charge on any atom is 0.319 e. The van der Waals surface area contributed by atoms with Crippen molar-refractivity contribution in [2.45, 2.75) is 102 Å². The zero-order valence-electron chi connectivity index (χ0n) is 34.1. The molecule has 1 saturated carbocycles. The van der Waals surface area contributed by atoms with Gasteiger partial charge in [0.2, 0.25) is 0 Å². The predicted molar refractivity (Wildman–Crippen MR) is 216 cm³/mol. The van der Waals surface area contributed by atoms with Crippen molar-refractivity contribution in [1.82, 2.24) is 19.8 Å². The molecule has 4 aromatic rings. The van der Waals surface area contributed by atoms with Gasteiger partial charge < -0.3 is 29.1 Å². The van der Waals surface area contributed by atoms with Gasteiger partial charge in [-0.2, -0.15) is 0 Å². The first-order valence-corrected chi connectivity index (χ1v) is 21.0. The molecule has 3 saturated heterocycles. The molecule has 0 radical (unpaired) electrons. The van der Waals surface area contributed by atoms with E-state index in [-0.39, 0.29) is 59.5 Å². The minimum absolute atomic E-state index is 0.0250. The Morgan fingerprint density at radius 1 is 0.929 bits per heavy atom. The predicted octanol–water partition coefficient (Wildman–Crippen LogP) is 6.92. The van der Waals surface area contributed by atoms with Crippen LogP contribution >= 0.6 is 0 Å². The lowest BCUT2D eigenvalue weighted by atomic mass is 9.54. The van der Waals surface area contributed by atoms with E-state index in [4.69, 9.17) is 14.2 Å². The first-order chi connectivity index (χ1) is 27.1. The summed E-state index contributed by atoms with van der Waals surface area (Å²) in [6.07, 6.45) is 6.42. The van der Waals surface area contributed by atoms with Gasteiger partial charge in [0, 0.05) is 88.4 Å². The average Bonchev–Trinajstić information content (AvgIpc) is 3.72. The first-order valence-electron chi connectivity index (χ1n) is 21.0. The number of piperidine rings is 3. The normalized spacial score (nSPS) is 33.6. The summed E-state index contributed by atoms with van der Waals surface area (Å²) in [6, 6.07) is 13.1. The molecule has 2 aromatic carbocycles. The molecule has 6 aliphatic rings. The molecule has 6 heterocycles. The fraction of sp³-hybridized carbons (Fsp3) is 0.587. The van der Waals surface area contributed by atoms with E-state index >= 15 is 0 Å². The molecule has 0 amide bonds. The van der Waals surface area contributed by atoms with E-state index in [9.17, 15) is 14.4 Å². The number of carbonyl (C=O) groups is 3. The third kappa shape index (κ3) is 5.37. The summed E-state index contributed by atoms with van der Waals surface area (Å²) in [5.41, 5.74) is 6.88. The molecule has 6 bridgehead atoms. The summed E-state index contributed by atoms with van der Waals surface area (Å²) in [4.78, 5) is 53.8. The van der Waals surface area contributed by atoms with Crippen LogP contribution in [-0.2, 0) is 42.1 Å². The Hall–Kier alpha value is -4.15. The van der Waals surface area contributed by atoms with Crippen molar-refractivity contribution in [3.05, 3.63) is 64.5 Å². The van der Waals surface area contributed by atoms with Gasteiger partial charge in [-0.1, -0.05) is 44.9 Å². The van der Waals surface area contributed by atoms with E-state index in [1.54, 1.807) is 14.0 Å². The molecule has 10 heteroatoms. The summed E-state index contributed by atoms with van der Waals surface area (Å²) in [7, 11) is 6.98. The van der Waals surface area contributed by atoms with Crippen LogP contribution < -0.4 is 4.74 Å². The van der Waals surface area contributed by atoms with E-state index in [0.717, 1.165) is 85.0 Å². The lowest BCUT2D eigenvalue weighted by Crippen LogP contribution is -2.70. The van der Waals surface area contributed by atoms with Crippen LogP contribution in [0.4, 0.5) is 0 Å². The summed E-state index contributed by atoms with van der Waals surface area (Å²) in [5, 5.41) is 2.30. The number of fused-ring (bicyclic) bond motifs is 9. The Morgan fingerprint density at radius 3 is 2.43 bits per heavy atom. The molecule has 10 rings (SSSR count). The third-order valence-electron chi connectivity index (χ3n) is 15.4. The Balaban J connectivity index is 1.26. The van der Waals surface area contributed by atoms with Crippen molar-refractivity contribution < 1.29 is 28.6 Å². The monoisotopic (exact) mass is 762 g/mol. The molecule has 0 spiro atoms. The number of nitrogens with zero attached hydrogens (tertiary/aromatic N) is 2. The summed E-state index contributed by atoms with van der Waals surface area (Å²) in [6.45, 7) is 7.90. The molecule has 2 aromatic heterocycles. The Labute approximate surface area is 330 Å². The quantitative estimate of drug-likeness (QED) is 0.186.